The molecule has 3 aromatic rings. The number of hydrogen-bond acceptors (Lipinski definition) is 6. The number of hydrogen-bond donors (Lipinski definition) is 1. The molecule has 4 rings (SSSR count). The fourth-order valence-corrected chi connectivity index (χ4v) is 4.25. The summed E-state index contributed by atoms with van der Waals surface area (Å²) in [4.78, 5) is 37.0. The van der Waals surface area contributed by atoms with Gasteiger partial charge in [-0.3, -0.25) is 14.5 Å². The highest BCUT2D eigenvalue weighted by Gasteiger charge is 2.47. The minimum atomic E-state index is -0.969. The van der Waals surface area contributed by atoms with Crippen LogP contribution in [0.1, 0.15) is 27.7 Å². The predicted molar refractivity (Wildman–Crippen MR) is 114 cm³/mol. The molecule has 0 unspecified atom stereocenters. The van der Waals surface area contributed by atoms with Gasteiger partial charge in [0, 0.05) is 25.2 Å². The topological polar surface area (TPSA) is 110 Å². The van der Waals surface area contributed by atoms with Crippen molar-refractivity contribution in [1.82, 2.24) is 24.5 Å². The van der Waals surface area contributed by atoms with E-state index in [-0.39, 0.29) is 23.7 Å². The van der Waals surface area contributed by atoms with Crippen LogP contribution in [-0.4, -0.2) is 54.4 Å². The number of amides is 2. The van der Waals surface area contributed by atoms with Crippen LogP contribution in [0.2, 0.25) is 5.02 Å². The first-order valence-corrected chi connectivity index (χ1v) is 9.86. The summed E-state index contributed by atoms with van der Waals surface area (Å²) < 4.78 is 1.62. The second-order valence-corrected chi connectivity index (χ2v) is 8.31. The van der Waals surface area contributed by atoms with Crippen LogP contribution in [-0.2, 0) is 9.59 Å². The lowest BCUT2D eigenvalue weighted by atomic mass is 9.94. The van der Waals surface area contributed by atoms with Crippen LogP contribution in [0, 0.1) is 0 Å². The molecular formula is C20H22ClN7O2. The summed E-state index contributed by atoms with van der Waals surface area (Å²) in [6.07, 6.45) is 2.99. The molecule has 1 atom stereocenters. The van der Waals surface area contributed by atoms with E-state index in [4.69, 9.17) is 17.3 Å². The van der Waals surface area contributed by atoms with Crippen molar-refractivity contribution in [2.45, 2.75) is 39.3 Å². The third-order valence-electron chi connectivity index (χ3n) is 5.51. The van der Waals surface area contributed by atoms with Crippen molar-refractivity contribution in [2.24, 2.45) is 0 Å². The van der Waals surface area contributed by atoms with Crippen LogP contribution in [0.15, 0.2) is 30.7 Å². The number of nitrogens with zero attached hydrogens (tertiary/aromatic N) is 6. The Morgan fingerprint density at radius 2 is 2.03 bits per heavy atom. The van der Waals surface area contributed by atoms with Gasteiger partial charge in [0.25, 0.3) is 5.91 Å². The second kappa shape index (κ2) is 6.94. The van der Waals surface area contributed by atoms with Gasteiger partial charge in [-0.05, 0) is 39.0 Å². The number of fused-ring (bicyclic) bond motifs is 1. The first-order valence-electron chi connectivity index (χ1n) is 9.49. The number of halogens is 1. The molecule has 1 aliphatic rings. The number of pyridine rings is 1. The molecule has 1 saturated heterocycles. The zero-order valence-corrected chi connectivity index (χ0v) is 17.9. The number of piperazine rings is 1. The summed E-state index contributed by atoms with van der Waals surface area (Å²) in [5.74, 6) is 0.453. The lowest BCUT2D eigenvalue weighted by molar-refractivity contribution is -0.146. The largest absolute Gasteiger partial charge is 0.382 e. The highest BCUT2D eigenvalue weighted by Crippen LogP contribution is 2.34. The van der Waals surface area contributed by atoms with Crippen LogP contribution < -0.4 is 10.6 Å². The molecule has 0 saturated carbocycles. The van der Waals surface area contributed by atoms with Crippen LogP contribution in [0.5, 0.6) is 0 Å². The van der Waals surface area contributed by atoms with Crippen molar-refractivity contribution < 1.29 is 9.59 Å². The maximum atomic E-state index is 13.3. The lowest BCUT2D eigenvalue weighted by Gasteiger charge is -2.48. The molecule has 0 aromatic carbocycles. The van der Waals surface area contributed by atoms with E-state index in [1.165, 1.54) is 13.3 Å². The molecule has 1 fully saturated rings. The van der Waals surface area contributed by atoms with Gasteiger partial charge in [0.1, 0.15) is 23.2 Å². The molecule has 4 heterocycles. The Balaban J connectivity index is 1.79. The summed E-state index contributed by atoms with van der Waals surface area (Å²) in [5.41, 5.74) is 6.97. The Hall–Kier alpha value is -3.20. The van der Waals surface area contributed by atoms with Gasteiger partial charge in [-0.15, -0.1) is 0 Å². The number of carbonyl (C=O) groups excluding carboxylic acids is 2. The van der Waals surface area contributed by atoms with Crippen molar-refractivity contribution in [3.8, 4) is 11.3 Å². The fraction of sp³-hybridized carbons (Fsp3) is 0.350. The molecule has 10 heteroatoms. The Bertz CT molecular complexity index is 1170. The fourth-order valence-electron chi connectivity index (χ4n) is 3.97. The van der Waals surface area contributed by atoms with Crippen molar-refractivity contribution in [3.05, 3.63) is 35.7 Å². The SMILES string of the molecule is CC(=O)N1C[C@H](C)N(c2cc(-c3cc(Cl)c4c(N)ncnn34)ccn2)C(=O)C1(C)C. The molecule has 156 valence electrons. The van der Waals surface area contributed by atoms with Crippen molar-refractivity contribution in [1.29, 1.82) is 0 Å². The highest BCUT2D eigenvalue weighted by atomic mass is 35.5. The quantitative estimate of drug-likeness (QED) is 0.672. The molecule has 30 heavy (non-hydrogen) atoms. The van der Waals surface area contributed by atoms with E-state index in [1.54, 1.807) is 40.4 Å². The molecule has 3 aromatic heterocycles. The molecule has 0 spiro atoms. The molecule has 0 bridgehead atoms. The number of carbonyl (C=O) groups is 2. The molecule has 0 radical (unpaired) electrons. The van der Waals surface area contributed by atoms with E-state index < -0.39 is 5.54 Å². The van der Waals surface area contributed by atoms with Crippen LogP contribution in [0.4, 0.5) is 11.6 Å². The van der Waals surface area contributed by atoms with E-state index in [0.29, 0.717) is 28.6 Å². The van der Waals surface area contributed by atoms with E-state index in [0.717, 1.165) is 5.56 Å². The predicted octanol–water partition coefficient (Wildman–Crippen LogP) is 2.39. The maximum absolute atomic E-state index is 13.3. The number of nitrogens with two attached hydrogens (primary N) is 1. The molecule has 9 nitrogen and oxygen atoms in total. The first kappa shape index (κ1) is 20.1. The summed E-state index contributed by atoms with van der Waals surface area (Å²) >= 11 is 6.35. The van der Waals surface area contributed by atoms with E-state index in [2.05, 4.69) is 15.1 Å². The number of aromatic nitrogens is 4. The average Bonchev–Trinajstić information content (AvgIpc) is 3.03. The molecular weight excluding hydrogens is 406 g/mol. The van der Waals surface area contributed by atoms with Crippen molar-refractivity contribution in [2.75, 3.05) is 17.2 Å². The third-order valence-corrected chi connectivity index (χ3v) is 5.80. The summed E-state index contributed by atoms with van der Waals surface area (Å²) in [6.45, 7) is 7.29. The Morgan fingerprint density at radius 1 is 1.30 bits per heavy atom. The van der Waals surface area contributed by atoms with Gasteiger partial charge < -0.3 is 10.6 Å². The highest BCUT2D eigenvalue weighted by molar-refractivity contribution is 6.35. The summed E-state index contributed by atoms with van der Waals surface area (Å²) in [6, 6.07) is 5.14. The smallest absolute Gasteiger partial charge is 0.253 e. The van der Waals surface area contributed by atoms with Crippen LogP contribution in [0.3, 0.4) is 0 Å². The minimum absolute atomic E-state index is 0.131. The Labute approximate surface area is 178 Å². The molecule has 2 amide bonds. The van der Waals surface area contributed by atoms with Gasteiger partial charge in [-0.1, -0.05) is 11.6 Å². The average molecular weight is 428 g/mol. The lowest BCUT2D eigenvalue weighted by Crippen LogP contribution is -2.67. The first-order chi connectivity index (χ1) is 14.1. The van der Waals surface area contributed by atoms with Crippen LogP contribution >= 0.6 is 11.6 Å². The monoisotopic (exact) mass is 427 g/mol. The Kier molecular flexibility index (Phi) is 4.65. The van der Waals surface area contributed by atoms with Gasteiger partial charge in [-0.25, -0.2) is 14.5 Å². The summed E-state index contributed by atoms with van der Waals surface area (Å²) in [5, 5.41) is 4.69. The zero-order chi connectivity index (χ0) is 21.8. The molecule has 1 aliphatic heterocycles. The normalized spacial score (nSPS) is 18.8. The summed E-state index contributed by atoms with van der Waals surface area (Å²) in [7, 11) is 0. The number of anilines is 2. The second-order valence-electron chi connectivity index (χ2n) is 7.90. The van der Waals surface area contributed by atoms with E-state index in [9.17, 15) is 9.59 Å². The van der Waals surface area contributed by atoms with E-state index >= 15 is 0 Å². The molecule has 0 aliphatic carbocycles. The van der Waals surface area contributed by atoms with Crippen molar-refractivity contribution >= 4 is 40.6 Å². The Morgan fingerprint density at radius 3 is 2.73 bits per heavy atom. The van der Waals surface area contributed by atoms with Gasteiger partial charge in [0.15, 0.2) is 5.82 Å². The zero-order valence-electron chi connectivity index (χ0n) is 17.1. The molecule has 2 N–H and O–H groups in total. The minimum Gasteiger partial charge on any atom is -0.382 e. The van der Waals surface area contributed by atoms with Gasteiger partial charge in [-0.2, -0.15) is 5.10 Å². The van der Waals surface area contributed by atoms with Gasteiger partial charge in [0.2, 0.25) is 5.91 Å². The van der Waals surface area contributed by atoms with Gasteiger partial charge >= 0.3 is 0 Å². The maximum Gasteiger partial charge on any atom is 0.253 e. The number of rotatable bonds is 2. The number of nitrogen functional groups attached to an aromatic ring is 1. The van der Waals surface area contributed by atoms with E-state index in [1.807, 2.05) is 19.1 Å². The van der Waals surface area contributed by atoms with Crippen molar-refractivity contribution in [3.63, 3.8) is 0 Å². The van der Waals surface area contributed by atoms with Crippen LogP contribution in [0.25, 0.3) is 16.8 Å². The third kappa shape index (κ3) is 2.97. The standard InChI is InChI=1S/C20H22ClN7O2/c1-11-9-26(12(2)29)20(3,4)19(30)27(11)16-7-13(5-6-23-16)15-8-14(21)17-18(22)24-10-25-28(15)17/h5-8,10-11H,9H2,1-4H3,(H2,22,24,25)/t11-/m0/s1. The van der Waals surface area contributed by atoms with Gasteiger partial charge in [0.05, 0.1) is 16.8 Å².